The predicted octanol–water partition coefficient (Wildman–Crippen LogP) is 4.22. The molecular formula is C20H19FO4. The van der Waals surface area contributed by atoms with E-state index >= 15 is 0 Å². The molecule has 0 aliphatic rings. The van der Waals surface area contributed by atoms with Crippen LogP contribution in [0.5, 0.6) is 0 Å². The van der Waals surface area contributed by atoms with Gasteiger partial charge in [0.05, 0.1) is 5.92 Å². The van der Waals surface area contributed by atoms with Crippen molar-refractivity contribution >= 4 is 11.9 Å². The highest BCUT2D eigenvalue weighted by atomic mass is 19.1. The average Bonchev–Trinajstić information content (AvgIpc) is 2.61. The Kier molecular flexibility index (Phi) is 6.46. The van der Waals surface area contributed by atoms with Gasteiger partial charge in [-0.2, -0.15) is 0 Å². The number of ether oxygens (including phenoxy) is 2. The van der Waals surface area contributed by atoms with Gasteiger partial charge in [0.15, 0.2) is 0 Å². The number of esters is 2. The molecule has 1 atom stereocenters. The summed E-state index contributed by atoms with van der Waals surface area (Å²) in [6.07, 6.45) is 2.73. The Bertz CT molecular complexity index is 769. The minimum atomic E-state index is -0.681. The van der Waals surface area contributed by atoms with E-state index < -0.39 is 30.5 Å². The summed E-state index contributed by atoms with van der Waals surface area (Å²) in [7, 11) is 0. The molecule has 0 fully saturated rings. The Morgan fingerprint density at radius 1 is 1.12 bits per heavy atom. The maximum Gasteiger partial charge on any atom is 0.333 e. The topological polar surface area (TPSA) is 52.6 Å². The summed E-state index contributed by atoms with van der Waals surface area (Å²) in [6, 6.07) is 13.8. The first kappa shape index (κ1) is 18.4. The van der Waals surface area contributed by atoms with Gasteiger partial charge >= 0.3 is 11.9 Å². The average molecular weight is 342 g/mol. The number of allylic oxidation sites excluding steroid dienone is 1. The van der Waals surface area contributed by atoms with Crippen molar-refractivity contribution in [3.8, 4) is 11.1 Å². The minimum Gasteiger partial charge on any atom is -0.427 e. The van der Waals surface area contributed by atoms with Gasteiger partial charge in [0.2, 0.25) is 6.79 Å². The van der Waals surface area contributed by atoms with Crippen molar-refractivity contribution in [2.75, 3.05) is 6.79 Å². The van der Waals surface area contributed by atoms with Crippen LogP contribution in [0, 0.1) is 5.82 Å². The van der Waals surface area contributed by atoms with Crippen molar-refractivity contribution in [1.82, 2.24) is 0 Å². The molecule has 0 saturated heterocycles. The molecule has 2 rings (SSSR count). The van der Waals surface area contributed by atoms with Crippen molar-refractivity contribution < 1.29 is 23.5 Å². The van der Waals surface area contributed by atoms with Crippen molar-refractivity contribution in [2.45, 2.75) is 19.8 Å². The van der Waals surface area contributed by atoms with Gasteiger partial charge in [-0.05, 0) is 31.0 Å². The molecule has 5 heteroatoms. The Hall–Kier alpha value is -2.95. The van der Waals surface area contributed by atoms with Crippen molar-refractivity contribution in [1.29, 1.82) is 0 Å². The smallest absolute Gasteiger partial charge is 0.333 e. The van der Waals surface area contributed by atoms with Crippen molar-refractivity contribution in [3.05, 3.63) is 72.1 Å². The van der Waals surface area contributed by atoms with E-state index in [1.54, 1.807) is 26.0 Å². The third-order valence-corrected chi connectivity index (χ3v) is 3.64. The van der Waals surface area contributed by atoms with Crippen LogP contribution >= 0.6 is 0 Å². The zero-order valence-corrected chi connectivity index (χ0v) is 14.1. The van der Waals surface area contributed by atoms with E-state index in [2.05, 4.69) is 0 Å². The quantitative estimate of drug-likeness (QED) is 0.448. The fraction of sp³-hybridized carbons (Fsp3) is 0.200. The lowest BCUT2D eigenvalue weighted by molar-refractivity contribution is -0.164. The highest BCUT2D eigenvalue weighted by Crippen LogP contribution is 2.26. The monoisotopic (exact) mass is 342 g/mol. The summed E-state index contributed by atoms with van der Waals surface area (Å²) in [4.78, 5) is 23.1. The van der Waals surface area contributed by atoms with E-state index in [0.29, 0.717) is 11.1 Å². The lowest BCUT2D eigenvalue weighted by Crippen LogP contribution is -2.16. The number of hydrogen-bond acceptors (Lipinski definition) is 4. The Morgan fingerprint density at radius 3 is 2.48 bits per heavy atom. The zero-order chi connectivity index (χ0) is 18.2. The van der Waals surface area contributed by atoms with E-state index in [0.717, 1.165) is 5.56 Å². The molecule has 4 nitrogen and oxygen atoms in total. The lowest BCUT2D eigenvalue weighted by Gasteiger charge is -2.13. The number of halogens is 1. The molecule has 0 aliphatic carbocycles. The third kappa shape index (κ3) is 5.01. The molecule has 0 radical (unpaired) electrons. The van der Waals surface area contributed by atoms with Crippen molar-refractivity contribution in [3.63, 3.8) is 0 Å². The fourth-order valence-electron chi connectivity index (χ4n) is 2.24. The van der Waals surface area contributed by atoms with Crippen LogP contribution in [0.2, 0.25) is 0 Å². The second kappa shape index (κ2) is 8.78. The van der Waals surface area contributed by atoms with Crippen LogP contribution in [0.1, 0.15) is 25.3 Å². The first-order valence-corrected chi connectivity index (χ1v) is 7.84. The standard InChI is InChI=1S/C20H19FO4/c1-3-7-19(22)24-13-25-20(23)14(2)16-10-11-17(18(21)12-16)15-8-5-4-6-9-15/h3-12,14H,13H2,1-2H3/b7-3+. The summed E-state index contributed by atoms with van der Waals surface area (Å²) in [5, 5.41) is 0. The maximum absolute atomic E-state index is 14.4. The van der Waals surface area contributed by atoms with E-state index in [1.165, 1.54) is 18.2 Å². The number of hydrogen-bond donors (Lipinski definition) is 0. The number of carbonyl (C=O) groups excluding carboxylic acids is 2. The first-order valence-electron chi connectivity index (χ1n) is 7.84. The molecule has 0 bridgehead atoms. The summed E-state index contributed by atoms with van der Waals surface area (Å²) in [5.74, 6) is -2.29. The largest absolute Gasteiger partial charge is 0.427 e. The molecule has 0 heterocycles. The molecule has 0 aromatic heterocycles. The van der Waals surface area contributed by atoms with Crippen LogP contribution in [0.4, 0.5) is 4.39 Å². The number of rotatable bonds is 6. The third-order valence-electron chi connectivity index (χ3n) is 3.64. The van der Waals surface area contributed by atoms with Crippen LogP contribution in [0.3, 0.4) is 0 Å². The normalized spacial score (nSPS) is 12.0. The van der Waals surface area contributed by atoms with Gasteiger partial charge in [0, 0.05) is 11.6 Å². The second-order valence-electron chi connectivity index (χ2n) is 5.37. The highest BCUT2D eigenvalue weighted by molar-refractivity contribution is 5.82. The van der Waals surface area contributed by atoms with E-state index in [9.17, 15) is 14.0 Å². The van der Waals surface area contributed by atoms with Gasteiger partial charge in [-0.1, -0.05) is 48.5 Å². The summed E-state index contributed by atoms with van der Waals surface area (Å²) < 4.78 is 24.0. The van der Waals surface area contributed by atoms with E-state index in [-0.39, 0.29) is 0 Å². The SMILES string of the molecule is C/C=C/C(=O)OCOC(=O)C(C)c1ccc(-c2ccccc2)c(F)c1. The van der Waals surface area contributed by atoms with Crippen LogP contribution in [0.25, 0.3) is 11.1 Å². The first-order chi connectivity index (χ1) is 12.0. The van der Waals surface area contributed by atoms with Gasteiger partial charge in [-0.3, -0.25) is 4.79 Å². The molecule has 2 aromatic carbocycles. The van der Waals surface area contributed by atoms with Crippen LogP contribution in [-0.2, 0) is 19.1 Å². The fourth-order valence-corrected chi connectivity index (χ4v) is 2.24. The molecule has 130 valence electrons. The lowest BCUT2D eigenvalue weighted by atomic mass is 9.97. The van der Waals surface area contributed by atoms with E-state index in [4.69, 9.17) is 9.47 Å². The molecule has 0 amide bonds. The predicted molar refractivity (Wildman–Crippen MR) is 92.1 cm³/mol. The second-order valence-corrected chi connectivity index (χ2v) is 5.37. The Labute approximate surface area is 145 Å². The zero-order valence-electron chi connectivity index (χ0n) is 14.1. The molecule has 1 unspecified atom stereocenters. The molecule has 0 aliphatic heterocycles. The Morgan fingerprint density at radius 2 is 1.84 bits per heavy atom. The van der Waals surface area contributed by atoms with Crippen LogP contribution < -0.4 is 0 Å². The summed E-state index contributed by atoms with van der Waals surface area (Å²) in [5.41, 5.74) is 1.71. The molecule has 2 aromatic rings. The highest BCUT2D eigenvalue weighted by Gasteiger charge is 2.19. The molecule has 0 saturated carbocycles. The summed E-state index contributed by atoms with van der Waals surface area (Å²) >= 11 is 0. The van der Waals surface area contributed by atoms with E-state index in [1.807, 2.05) is 30.3 Å². The molecule has 0 N–H and O–H groups in total. The van der Waals surface area contributed by atoms with Gasteiger partial charge < -0.3 is 9.47 Å². The van der Waals surface area contributed by atoms with Crippen molar-refractivity contribution in [2.24, 2.45) is 0 Å². The number of benzene rings is 2. The maximum atomic E-state index is 14.4. The molecule has 25 heavy (non-hydrogen) atoms. The van der Waals surface area contributed by atoms with Crippen LogP contribution in [-0.4, -0.2) is 18.7 Å². The van der Waals surface area contributed by atoms with Gasteiger partial charge in [0.1, 0.15) is 5.82 Å². The summed E-state index contributed by atoms with van der Waals surface area (Å²) in [6.45, 7) is 2.80. The van der Waals surface area contributed by atoms with Gasteiger partial charge in [-0.25, -0.2) is 9.18 Å². The minimum absolute atomic E-state index is 0.414. The molecule has 0 spiro atoms. The van der Waals surface area contributed by atoms with Crippen LogP contribution in [0.15, 0.2) is 60.7 Å². The number of carbonyl (C=O) groups is 2. The molecular weight excluding hydrogens is 323 g/mol. The van der Waals surface area contributed by atoms with Gasteiger partial charge in [-0.15, -0.1) is 0 Å². The van der Waals surface area contributed by atoms with Gasteiger partial charge in [0.25, 0.3) is 0 Å². The Balaban J connectivity index is 2.02.